The van der Waals surface area contributed by atoms with E-state index in [1.165, 1.54) is 5.56 Å². The van der Waals surface area contributed by atoms with Gasteiger partial charge < -0.3 is 15.8 Å². The minimum absolute atomic E-state index is 0.0379. The summed E-state index contributed by atoms with van der Waals surface area (Å²) >= 11 is 0. The van der Waals surface area contributed by atoms with E-state index >= 15 is 0 Å². The van der Waals surface area contributed by atoms with Gasteiger partial charge in [0.05, 0.1) is 12.1 Å². The lowest BCUT2D eigenvalue weighted by molar-refractivity contribution is -0.170. The summed E-state index contributed by atoms with van der Waals surface area (Å²) in [6.45, 7) is 13.4. The molecule has 3 unspecified atom stereocenters. The van der Waals surface area contributed by atoms with Crippen LogP contribution in [0.3, 0.4) is 0 Å². The maximum absolute atomic E-state index is 12.9. The Labute approximate surface area is 158 Å². The number of benzene rings is 1. The molecule has 1 fully saturated rings. The first-order valence-corrected chi connectivity index (χ1v) is 9.79. The highest BCUT2D eigenvalue weighted by Gasteiger charge is 2.62. The van der Waals surface area contributed by atoms with Gasteiger partial charge in [-0.3, -0.25) is 9.69 Å². The summed E-state index contributed by atoms with van der Waals surface area (Å²) in [6, 6.07) is 10.5. The molecule has 3 N–H and O–H groups in total. The molecule has 1 aliphatic rings. The minimum Gasteiger partial charge on any atom is -0.378 e. The van der Waals surface area contributed by atoms with Crippen molar-refractivity contribution in [2.24, 2.45) is 11.1 Å². The van der Waals surface area contributed by atoms with E-state index < -0.39 is 5.54 Å². The number of carbonyl (C=O) groups is 1. The molecule has 0 heterocycles. The zero-order valence-corrected chi connectivity index (χ0v) is 16.9. The Morgan fingerprint density at radius 3 is 2.38 bits per heavy atom. The van der Waals surface area contributed by atoms with Gasteiger partial charge in [-0.05, 0) is 25.6 Å². The Morgan fingerprint density at radius 2 is 1.88 bits per heavy atom. The van der Waals surface area contributed by atoms with Gasteiger partial charge in [0.2, 0.25) is 5.91 Å². The Hall–Kier alpha value is -1.43. The van der Waals surface area contributed by atoms with Gasteiger partial charge in [0, 0.05) is 25.0 Å². The maximum Gasteiger partial charge on any atom is 0.240 e. The number of rotatable bonds is 9. The zero-order valence-electron chi connectivity index (χ0n) is 16.9. The van der Waals surface area contributed by atoms with Gasteiger partial charge in [-0.2, -0.15) is 0 Å². The molecule has 1 aromatic rings. The smallest absolute Gasteiger partial charge is 0.240 e. The molecule has 0 aromatic heterocycles. The fourth-order valence-electron chi connectivity index (χ4n) is 3.97. The topological polar surface area (TPSA) is 67.6 Å². The Morgan fingerprint density at radius 1 is 1.27 bits per heavy atom. The molecule has 1 saturated carbocycles. The van der Waals surface area contributed by atoms with Crippen LogP contribution in [0.15, 0.2) is 30.3 Å². The van der Waals surface area contributed by atoms with Gasteiger partial charge in [0.15, 0.2) is 0 Å². The number of nitrogens with two attached hydrogens (primary N) is 1. The van der Waals surface area contributed by atoms with Crippen LogP contribution in [0, 0.1) is 5.41 Å². The Kier molecular flexibility index (Phi) is 6.83. The average molecular weight is 362 g/mol. The van der Waals surface area contributed by atoms with E-state index in [0.717, 1.165) is 13.1 Å². The number of ether oxygens (including phenoxy) is 1. The van der Waals surface area contributed by atoms with Crippen molar-refractivity contribution in [1.82, 2.24) is 10.2 Å². The fraction of sp³-hybridized carbons (Fsp3) is 0.667. The van der Waals surface area contributed by atoms with Crippen LogP contribution >= 0.6 is 0 Å². The third-order valence-electron chi connectivity index (χ3n) is 6.13. The first-order chi connectivity index (χ1) is 12.3. The zero-order chi connectivity index (χ0) is 19.4. The summed E-state index contributed by atoms with van der Waals surface area (Å²) in [5, 5.41) is 3.13. The van der Waals surface area contributed by atoms with Crippen molar-refractivity contribution in [2.45, 2.75) is 58.7 Å². The van der Waals surface area contributed by atoms with E-state index in [1.807, 2.05) is 39.0 Å². The quantitative estimate of drug-likeness (QED) is 0.710. The van der Waals surface area contributed by atoms with Crippen molar-refractivity contribution < 1.29 is 9.53 Å². The summed E-state index contributed by atoms with van der Waals surface area (Å²) in [5.41, 5.74) is 6.47. The number of hydrogen-bond donors (Lipinski definition) is 2. The molecule has 5 nitrogen and oxygen atoms in total. The minimum atomic E-state index is -0.878. The van der Waals surface area contributed by atoms with Gasteiger partial charge in [0.25, 0.3) is 0 Å². The van der Waals surface area contributed by atoms with Crippen LogP contribution in [-0.2, 0) is 9.53 Å². The van der Waals surface area contributed by atoms with Crippen LogP contribution in [0.5, 0.6) is 0 Å². The summed E-state index contributed by atoms with van der Waals surface area (Å²) < 4.78 is 5.74. The third-order valence-corrected chi connectivity index (χ3v) is 6.13. The normalized spacial score (nSPS) is 25.6. The second kappa shape index (κ2) is 8.51. The molecule has 0 saturated heterocycles. The highest BCUT2D eigenvalue weighted by atomic mass is 16.5. The first kappa shape index (κ1) is 20.9. The van der Waals surface area contributed by atoms with Crippen molar-refractivity contribution in [3.05, 3.63) is 35.9 Å². The lowest BCUT2D eigenvalue weighted by Gasteiger charge is -2.57. The van der Waals surface area contributed by atoms with E-state index in [-0.39, 0.29) is 23.5 Å². The molecular weight excluding hydrogens is 326 g/mol. The van der Waals surface area contributed by atoms with Crippen LogP contribution in [0.25, 0.3) is 0 Å². The van der Waals surface area contributed by atoms with Crippen molar-refractivity contribution in [3.8, 4) is 0 Å². The SMILES string of the molecule is CCOC1CC(N)(C(=O)NCC(c2ccccc2)N(CC)CC)C1(C)C. The van der Waals surface area contributed by atoms with Crippen molar-refractivity contribution in [2.75, 3.05) is 26.2 Å². The lowest BCUT2D eigenvalue weighted by Crippen LogP contribution is -2.76. The fourth-order valence-corrected chi connectivity index (χ4v) is 3.97. The second-order valence-corrected chi connectivity index (χ2v) is 7.70. The molecule has 0 bridgehead atoms. The summed E-state index contributed by atoms with van der Waals surface area (Å²) in [4.78, 5) is 15.3. The van der Waals surface area contributed by atoms with Crippen LogP contribution in [0.1, 0.15) is 52.6 Å². The molecule has 0 spiro atoms. The molecule has 1 aliphatic carbocycles. The molecule has 1 aromatic carbocycles. The molecule has 3 atom stereocenters. The van der Waals surface area contributed by atoms with Crippen molar-refractivity contribution in [3.63, 3.8) is 0 Å². The predicted octanol–water partition coefficient (Wildman–Crippen LogP) is 2.72. The number of likely N-dealkylation sites (N-methyl/N-ethyl adjacent to an activating group) is 1. The van der Waals surface area contributed by atoms with E-state index in [1.54, 1.807) is 0 Å². The Balaban J connectivity index is 2.08. The van der Waals surface area contributed by atoms with E-state index in [9.17, 15) is 4.79 Å². The first-order valence-electron chi connectivity index (χ1n) is 9.79. The number of hydrogen-bond acceptors (Lipinski definition) is 4. The summed E-state index contributed by atoms with van der Waals surface area (Å²) in [7, 11) is 0. The van der Waals surface area contributed by atoms with Crippen LogP contribution < -0.4 is 11.1 Å². The van der Waals surface area contributed by atoms with E-state index in [4.69, 9.17) is 10.5 Å². The maximum atomic E-state index is 12.9. The number of nitrogens with zero attached hydrogens (tertiary/aromatic N) is 1. The third kappa shape index (κ3) is 3.80. The standard InChI is InChI=1S/C21H35N3O2/c1-6-24(7-2)17(16-12-10-9-11-13-16)15-23-19(25)21(22)14-18(26-8-3)20(21,4)5/h9-13,17-18H,6-8,14-15,22H2,1-5H3,(H,23,25). The molecule has 1 amide bonds. The van der Waals surface area contributed by atoms with Gasteiger partial charge in [-0.1, -0.05) is 58.0 Å². The molecule has 146 valence electrons. The molecule has 0 aliphatic heterocycles. The van der Waals surface area contributed by atoms with Gasteiger partial charge in [-0.15, -0.1) is 0 Å². The molecular formula is C21H35N3O2. The molecule has 2 rings (SSSR count). The summed E-state index contributed by atoms with van der Waals surface area (Å²) in [5.74, 6) is -0.0773. The molecule has 0 radical (unpaired) electrons. The lowest BCUT2D eigenvalue weighted by atomic mass is 9.54. The highest BCUT2D eigenvalue weighted by Crippen LogP contribution is 2.49. The molecule has 5 heteroatoms. The average Bonchev–Trinajstić information content (AvgIpc) is 2.65. The van der Waals surface area contributed by atoms with Gasteiger partial charge in [0.1, 0.15) is 5.54 Å². The molecule has 26 heavy (non-hydrogen) atoms. The van der Waals surface area contributed by atoms with Crippen LogP contribution in [0.4, 0.5) is 0 Å². The van der Waals surface area contributed by atoms with Gasteiger partial charge in [-0.25, -0.2) is 0 Å². The van der Waals surface area contributed by atoms with E-state index in [0.29, 0.717) is 19.6 Å². The predicted molar refractivity (Wildman–Crippen MR) is 106 cm³/mol. The van der Waals surface area contributed by atoms with Crippen LogP contribution in [0.2, 0.25) is 0 Å². The number of carbonyl (C=O) groups excluding carboxylic acids is 1. The summed E-state index contributed by atoms with van der Waals surface area (Å²) in [6.07, 6.45) is 0.608. The number of amides is 1. The van der Waals surface area contributed by atoms with Crippen molar-refractivity contribution in [1.29, 1.82) is 0 Å². The number of nitrogens with one attached hydrogen (secondary N) is 1. The van der Waals surface area contributed by atoms with Crippen molar-refractivity contribution >= 4 is 5.91 Å². The largest absolute Gasteiger partial charge is 0.378 e. The van der Waals surface area contributed by atoms with Crippen LogP contribution in [-0.4, -0.2) is 48.7 Å². The van der Waals surface area contributed by atoms with Gasteiger partial charge >= 0.3 is 0 Å². The Bertz CT molecular complexity index is 586. The van der Waals surface area contributed by atoms with E-state index in [2.05, 4.69) is 36.2 Å². The highest BCUT2D eigenvalue weighted by molar-refractivity contribution is 5.88. The second-order valence-electron chi connectivity index (χ2n) is 7.70. The monoisotopic (exact) mass is 361 g/mol.